The van der Waals surface area contributed by atoms with Crippen LogP contribution in [0, 0.1) is 0 Å². The van der Waals surface area contributed by atoms with Crippen molar-refractivity contribution in [1.82, 2.24) is 24.9 Å². The first-order valence-corrected chi connectivity index (χ1v) is 13.7. The molecule has 0 N–H and O–H groups in total. The summed E-state index contributed by atoms with van der Waals surface area (Å²) >= 11 is 0. The zero-order valence-corrected chi connectivity index (χ0v) is 26.1. The number of ether oxygens (including phenoxy) is 6. The van der Waals surface area contributed by atoms with Gasteiger partial charge in [0.15, 0.2) is 0 Å². The highest BCUT2D eigenvalue weighted by Crippen LogP contribution is 2.56. The highest BCUT2D eigenvalue weighted by molar-refractivity contribution is 5.91. The fraction of sp³-hybridized carbons (Fsp3) is 0.300. The first-order valence-electron chi connectivity index (χ1n) is 13.7. The molecule has 0 saturated heterocycles. The number of carbonyl (C=O) groups excluding carboxylic acids is 2. The van der Waals surface area contributed by atoms with Crippen LogP contribution in [0.4, 0.5) is 26.3 Å². The van der Waals surface area contributed by atoms with Crippen LogP contribution in [-0.2, 0) is 11.8 Å². The van der Waals surface area contributed by atoms with E-state index in [-0.39, 0.29) is 23.8 Å². The summed E-state index contributed by atoms with van der Waals surface area (Å²) in [6.07, 6.45) is -11.5. The molecule has 0 bridgehead atoms. The Hall–Kier alpha value is -5.75. The van der Waals surface area contributed by atoms with E-state index in [1.165, 1.54) is 28.4 Å². The summed E-state index contributed by atoms with van der Waals surface area (Å²) in [7, 11) is 4.99. The zero-order valence-electron chi connectivity index (χ0n) is 26.1. The number of alkyl halides is 6. The minimum absolute atomic E-state index is 0.0260. The summed E-state index contributed by atoms with van der Waals surface area (Å²) in [5.41, 5.74) is -7.57. The summed E-state index contributed by atoms with van der Waals surface area (Å²) in [4.78, 5) is 44.4. The molecule has 49 heavy (non-hydrogen) atoms. The van der Waals surface area contributed by atoms with E-state index in [0.717, 1.165) is 12.1 Å². The van der Waals surface area contributed by atoms with Gasteiger partial charge in [0.25, 0.3) is 0 Å². The van der Waals surface area contributed by atoms with Crippen molar-refractivity contribution in [1.29, 1.82) is 0 Å². The maximum absolute atomic E-state index is 14.7. The maximum atomic E-state index is 14.7. The van der Waals surface area contributed by atoms with Crippen molar-refractivity contribution < 1.29 is 64.4 Å². The standard InChI is InChI=1S/C30H25F6N5O8/c1-6-19-20(44-2)37-26(38-21(19)45-3)48-22(42)15-7-11-17(12-8-15)28(29(31,32)33,30(34,35)36)18-13-9-16(10-14-18)23(43)49-27-40-24(46-4)39-25(41-27)47-5/h7-14H,6H2,1-5H3. The molecule has 0 radical (unpaired) electrons. The van der Waals surface area contributed by atoms with E-state index in [1.807, 2.05) is 0 Å². The van der Waals surface area contributed by atoms with Crippen molar-refractivity contribution in [2.24, 2.45) is 0 Å². The van der Waals surface area contributed by atoms with Gasteiger partial charge in [-0.1, -0.05) is 31.2 Å². The Labute approximate surface area is 273 Å². The van der Waals surface area contributed by atoms with Gasteiger partial charge in [-0.3, -0.25) is 0 Å². The number of hydrogen-bond donors (Lipinski definition) is 0. The van der Waals surface area contributed by atoms with Crippen LogP contribution in [0.2, 0.25) is 0 Å². The Balaban J connectivity index is 1.68. The predicted octanol–water partition coefficient (Wildman–Crippen LogP) is 5.11. The predicted molar refractivity (Wildman–Crippen MR) is 153 cm³/mol. The topological polar surface area (TPSA) is 154 Å². The molecule has 4 rings (SSSR count). The maximum Gasteiger partial charge on any atom is 0.411 e. The van der Waals surface area contributed by atoms with E-state index in [1.54, 1.807) is 6.92 Å². The third-order valence-corrected chi connectivity index (χ3v) is 6.92. The quantitative estimate of drug-likeness (QED) is 0.151. The van der Waals surface area contributed by atoms with Crippen LogP contribution in [0.5, 0.6) is 35.8 Å². The van der Waals surface area contributed by atoms with Gasteiger partial charge in [-0.05, 0) is 41.8 Å². The third kappa shape index (κ3) is 7.09. The summed E-state index contributed by atoms with van der Waals surface area (Å²) in [6, 6.07) is 3.05. The summed E-state index contributed by atoms with van der Waals surface area (Å²) in [5.74, 6) is -2.37. The monoisotopic (exact) mass is 697 g/mol. The minimum Gasteiger partial charge on any atom is -0.481 e. The van der Waals surface area contributed by atoms with Gasteiger partial charge in [0, 0.05) is 0 Å². The number of nitrogens with zero attached hydrogens (tertiary/aromatic N) is 5. The Morgan fingerprint density at radius 3 is 1.20 bits per heavy atom. The van der Waals surface area contributed by atoms with Gasteiger partial charge in [-0.2, -0.15) is 36.3 Å². The number of benzene rings is 2. The van der Waals surface area contributed by atoms with Crippen molar-refractivity contribution in [3.8, 4) is 35.8 Å². The van der Waals surface area contributed by atoms with E-state index in [4.69, 9.17) is 28.4 Å². The molecular weight excluding hydrogens is 672 g/mol. The molecule has 0 fully saturated rings. The Morgan fingerprint density at radius 2 is 0.898 bits per heavy atom. The molecule has 13 nitrogen and oxygen atoms in total. The van der Waals surface area contributed by atoms with Crippen LogP contribution in [0.1, 0.15) is 44.3 Å². The van der Waals surface area contributed by atoms with Crippen LogP contribution >= 0.6 is 0 Å². The Morgan fingerprint density at radius 1 is 0.551 bits per heavy atom. The first kappa shape index (κ1) is 36.1. The third-order valence-electron chi connectivity index (χ3n) is 6.92. The number of rotatable bonds is 11. The lowest BCUT2D eigenvalue weighted by molar-refractivity contribution is -0.288. The van der Waals surface area contributed by atoms with E-state index in [0.29, 0.717) is 48.4 Å². The van der Waals surface area contributed by atoms with Gasteiger partial charge in [0.2, 0.25) is 17.2 Å². The van der Waals surface area contributed by atoms with Crippen molar-refractivity contribution in [2.45, 2.75) is 31.1 Å². The second kappa shape index (κ2) is 14.2. The van der Waals surface area contributed by atoms with Crippen molar-refractivity contribution in [2.75, 3.05) is 28.4 Å². The fourth-order valence-corrected chi connectivity index (χ4v) is 4.64. The highest BCUT2D eigenvalue weighted by atomic mass is 19.4. The second-order valence-corrected chi connectivity index (χ2v) is 9.63. The van der Waals surface area contributed by atoms with Gasteiger partial charge in [-0.15, -0.1) is 15.0 Å². The molecule has 0 aliphatic rings. The average molecular weight is 698 g/mol. The van der Waals surface area contributed by atoms with Crippen LogP contribution < -0.4 is 28.4 Å². The average Bonchev–Trinajstić information content (AvgIpc) is 3.07. The number of hydrogen-bond acceptors (Lipinski definition) is 13. The van der Waals surface area contributed by atoms with Crippen LogP contribution in [-0.4, -0.2) is 77.7 Å². The van der Waals surface area contributed by atoms with Gasteiger partial charge in [0.1, 0.15) is 0 Å². The van der Waals surface area contributed by atoms with Crippen LogP contribution in [0.3, 0.4) is 0 Å². The molecular formula is C30H25F6N5O8. The SMILES string of the molecule is CCc1c(OC)nc(OC(=O)c2ccc(C(c3ccc(C(=O)Oc4nc(OC)nc(OC)n4)cc3)(C(F)(F)F)C(F)(F)F)cc2)nc1OC. The Kier molecular flexibility index (Phi) is 10.4. The molecule has 0 saturated carbocycles. The van der Waals surface area contributed by atoms with Gasteiger partial charge >= 0.3 is 48.3 Å². The minimum atomic E-state index is -5.96. The molecule has 260 valence electrons. The van der Waals surface area contributed by atoms with Crippen LogP contribution in [0.15, 0.2) is 48.5 Å². The van der Waals surface area contributed by atoms with E-state index < -0.39 is 64.0 Å². The van der Waals surface area contributed by atoms with Gasteiger partial charge in [-0.25, -0.2) is 9.59 Å². The number of halogens is 6. The summed E-state index contributed by atoms with van der Waals surface area (Å²) < 4.78 is 118. The highest BCUT2D eigenvalue weighted by Gasteiger charge is 2.72. The normalized spacial score (nSPS) is 11.8. The van der Waals surface area contributed by atoms with E-state index >= 15 is 0 Å². The number of esters is 2. The van der Waals surface area contributed by atoms with Gasteiger partial charge in [0.05, 0.1) is 45.1 Å². The molecule has 0 aliphatic carbocycles. The number of carbonyl (C=O) groups is 2. The molecule has 19 heteroatoms. The molecule has 0 amide bonds. The number of aromatic nitrogens is 5. The zero-order chi connectivity index (χ0) is 36.1. The summed E-state index contributed by atoms with van der Waals surface area (Å²) in [5, 5.41) is 0. The van der Waals surface area contributed by atoms with Crippen molar-refractivity contribution in [3.05, 3.63) is 76.3 Å². The lowest BCUT2D eigenvalue weighted by atomic mass is 9.72. The van der Waals surface area contributed by atoms with Gasteiger partial charge < -0.3 is 28.4 Å². The molecule has 2 aromatic carbocycles. The summed E-state index contributed by atoms with van der Waals surface area (Å²) in [6.45, 7) is 1.76. The Bertz CT molecular complexity index is 1760. The van der Waals surface area contributed by atoms with E-state index in [9.17, 15) is 35.9 Å². The smallest absolute Gasteiger partial charge is 0.411 e. The fourth-order valence-electron chi connectivity index (χ4n) is 4.64. The number of methoxy groups -OCH3 is 4. The molecule has 0 unspecified atom stereocenters. The molecule has 0 aliphatic heterocycles. The molecule has 4 aromatic rings. The van der Waals surface area contributed by atoms with Crippen molar-refractivity contribution >= 4 is 11.9 Å². The lowest BCUT2D eigenvalue weighted by Crippen LogP contribution is -2.54. The lowest BCUT2D eigenvalue weighted by Gasteiger charge is -2.38. The molecule has 2 aromatic heterocycles. The van der Waals surface area contributed by atoms with Crippen molar-refractivity contribution in [3.63, 3.8) is 0 Å². The second-order valence-electron chi connectivity index (χ2n) is 9.63. The van der Waals surface area contributed by atoms with E-state index in [2.05, 4.69) is 24.9 Å². The molecule has 0 spiro atoms. The first-order chi connectivity index (χ1) is 23.1. The van der Waals surface area contributed by atoms with Crippen LogP contribution in [0.25, 0.3) is 0 Å². The molecule has 2 heterocycles. The largest absolute Gasteiger partial charge is 0.481 e. The molecule has 0 atom stereocenters.